The number of thiophene rings is 1. The molecule has 0 saturated heterocycles. The molecule has 0 fully saturated rings. The zero-order valence-electron chi connectivity index (χ0n) is 15.6. The lowest BCUT2D eigenvalue weighted by atomic mass is 9.90. The van der Waals surface area contributed by atoms with Crippen LogP contribution in [0.2, 0.25) is 0 Å². The monoisotopic (exact) mass is 397 g/mol. The number of hydrogen-bond acceptors (Lipinski definition) is 6. The van der Waals surface area contributed by atoms with E-state index in [0.717, 1.165) is 34.0 Å². The van der Waals surface area contributed by atoms with E-state index >= 15 is 0 Å². The first kappa shape index (κ1) is 18.5. The summed E-state index contributed by atoms with van der Waals surface area (Å²) in [5.74, 6) is 1.40. The highest BCUT2D eigenvalue weighted by molar-refractivity contribution is 7.99. The minimum atomic E-state index is -0.122. The second kappa shape index (κ2) is 7.62. The third-order valence-corrected chi connectivity index (χ3v) is 6.91. The van der Waals surface area contributed by atoms with Crippen LogP contribution < -0.4 is 5.73 Å². The van der Waals surface area contributed by atoms with Crippen molar-refractivity contribution in [2.24, 2.45) is 0 Å². The van der Waals surface area contributed by atoms with E-state index in [-0.39, 0.29) is 5.60 Å². The van der Waals surface area contributed by atoms with Crippen LogP contribution in [-0.4, -0.2) is 21.3 Å². The number of nitrogens with two attached hydrogens (primary N) is 1. The summed E-state index contributed by atoms with van der Waals surface area (Å²) < 4.78 is 6.07. The number of aromatic nitrogens is 2. The van der Waals surface area contributed by atoms with Crippen molar-refractivity contribution in [1.82, 2.24) is 9.97 Å². The second-order valence-electron chi connectivity index (χ2n) is 6.97. The van der Waals surface area contributed by atoms with Crippen LogP contribution in [0.3, 0.4) is 0 Å². The SMILES string of the molecule is CC[C@@]1(C)Cc2c(sc3nc(SC/C=C/c4ccccc4)nc(N)c23)CO1. The average Bonchev–Trinajstić information content (AvgIpc) is 3.04. The maximum Gasteiger partial charge on any atom is 0.191 e. The summed E-state index contributed by atoms with van der Waals surface area (Å²) in [4.78, 5) is 11.5. The highest BCUT2D eigenvalue weighted by Crippen LogP contribution is 2.41. The molecule has 0 spiro atoms. The number of rotatable bonds is 5. The van der Waals surface area contributed by atoms with Gasteiger partial charge in [0.15, 0.2) is 5.16 Å². The highest BCUT2D eigenvalue weighted by Gasteiger charge is 2.32. The molecule has 2 N–H and O–H groups in total. The molecule has 4 nitrogen and oxygen atoms in total. The van der Waals surface area contributed by atoms with Gasteiger partial charge >= 0.3 is 0 Å². The zero-order valence-corrected chi connectivity index (χ0v) is 17.2. The lowest BCUT2D eigenvalue weighted by molar-refractivity contribution is -0.0542. The Bertz CT molecular complexity index is 984. The topological polar surface area (TPSA) is 61.0 Å². The third kappa shape index (κ3) is 3.88. The number of nitrogen functional groups attached to an aromatic ring is 1. The molecule has 2 aromatic heterocycles. The molecule has 0 saturated carbocycles. The van der Waals surface area contributed by atoms with Gasteiger partial charge in [0.05, 0.1) is 17.6 Å². The Morgan fingerprint density at radius 1 is 1.30 bits per heavy atom. The van der Waals surface area contributed by atoms with Crippen molar-refractivity contribution in [3.05, 3.63) is 52.4 Å². The summed E-state index contributed by atoms with van der Waals surface area (Å²) in [7, 11) is 0. The van der Waals surface area contributed by atoms with Crippen LogP contribution in [0.1, 0.15) is 36.3 Å². The smallest absolute Gasteiger partial charge is 0.191 e. The van der Waals surface area contributed by atoms with E-state index in [1.807, 2.05) is 18.2 Å². The van der Waals surface area contributed by atoms with E-state index in [2.05, 4.69) is 43.1 Å². The molecule has 0 aliphatic carbocycles. The summed E-state index contributed by atoms with van der Waals surface area (Å²) in [6.07, 6.45) is 6.09. The van der Waals surface area contributed by atoms with Gasteiger partial charge in [-0.2, -0.15) is 0 Å². The van der Waals surface area contributed by atoms with Gasteiger partial charge in [0, 0.05) is 17.1 Å². The van der Waals surface area contributed by atoms with E-state index in [4.69, 9.17) is 15.5 Å². The van der Waals surface area contributed by atoms with Crippen LogP contribution in [0.4, 0.5) is 5.82 Å². The Kier molecular flexibility index (Phi) is 5.21. The fourth-order valence-electron chi connectivity index (χ4n) is 3.24. The van der Waals surface area contributed by atoms with Crippen molar-refractivity contribution >= 4 is 45.2 Å². The molecule has 6 heteroatoms. The van der Waals surface area contributed by atoms with Crippen molar-refractivity contribution < 1.29 is 4.74 Å². The van der Waals surface area contributed by atoms with E-state index in [0.29, 0.717) is 12.4 Å². The molecule has 27 heavy (non-hydrogen) atoms. The number of nitrogens with zero attached hydrogens (tertiary/aromatic N) is 2. The van der Waals surface area contributed by atoms with E-state index in [9.17, 15) is 0 Å². The molecular weight excluding hydrogens is 374 g/mol. The summed E-state index contributed by atoms with van der Waals surface area (Å²) in [5, 5.41) is 1.76. The lowest BCUT2D eigenvalue weighted by Crippen LogP contribution is -2.33. The van der Waals surface area contributed by atoms with Gasteiger partial charge < -0.3 is 10.5 Å². The molecular formula is C21H23N3OS2. The molecule has 0 bridgehead atoms. The number of ether oxygens (including phenoxy) is 1. The molecule has 0 radical (unpaired) electrons. The quantitative estimate of drug-likeness (QED) is 0.466. The van der Waals surface area contributed by atoms with Crippen molar-refractivity contribution in [3.63, 3.8) is 0 Å². The van der Waals surface area contributed by atoms with Gasteiger partial charge in [0.25, 0.3) is 0 Å². The maximum atomic E-state index is 6.33. The molecule has 1 aliphatic rings. The number of fused-ring (bicyclic) bond motifs is 3. The second-order valence-corrected chi connectivity index (χ2v) is 9.04. The standard InChI is InChI=1S/C21H23N3OS2/c1-3-21(2)12-15-16(13-25-21)27-19-17(15)18(22)23-20(24-19)26-11-7-10-14-8-5-4-6-9-14/h4-10H,3,11-13H2,1-2H3,(H2,22,23,24)/b10-7+/t21-/m0/s1. The molecule has 0 amide bonds. The highest BCUT2D eigenvalue weighted by atomic mass is 32.2. The van der Waals surface area contributed by atoms with Crippen molar-refractivity contribution in [1.29, 1.82) is 0 Å². The molecule has 3 aromatic rings. The Hall–Kier alpha value is -1.89. The molecule has 0 unspecified atom stereocenters. The largest absolute Gasteiger partial charge is 0.383 e. The van der Waals surface area contributed by atoms with Crippen LogP contribution >= 0.6 is 23.1 Å². The minimum Gasteiger partial charge on any atom is -0.383 e. The average molecular weight is 398 g/mol. The lowest BCUT2D eigenvalue weighted by Gasteiger charge is -2.33. The molecule has 3 heterocycles. The minimum absolute atomic E-state index is 0.122. The van der Waals surface area contributed by atoms with Gasteiger partial charge in [-0.25, -0.2) is 9.97 Å². The number of benzene rings is 1. The van der Waals surface area contributed by atoms with Gasteiger partial charge in [0.1, 0.15) is 10.6 Å². The van der Waals surface area contributed by atoms with Crippen molar-refractivity contribution in [3.8, 4) is 0 Å². The van der Waals surface area contributed by atoms with E-state index in [1.165, 1.54) is 16.0 Å². The first-order valence-electron chi connectivity index (χ1n) is 9.14. The number of thioether (sulfide) groups is 1. The van der Waals surface area contributed by atoms with Gasteiger partial charge in [-0.15, -0.1) is 11.3 Å². The predicted molar refractivity (Wildman–Crippen MR) is 115 cm³/mol. The Morgan fingerprint density at radius 2 is 2.11 bits per heavy atom. The van der Waals surface area contributed by atoms with Crippen LogP contribution in [0.15, 0.2) is 41.6 Å². The number of anilines is 1. The summed E-state index contributed by atoms with van der Waals surface area (Å²) >= 11 is 3.29. The van der Waals surface area contributed by atoms with Crippen molar-refractivity contribution in [2.75, 3.05) is 11.5 Å². The molecule has 1 atom stereocenters. The van der Waals surface area contributed by atoms with Crippen LogP contribution in [0, 0.1) is 0 Å². The van der Waals surface area contributed by atoms with Gasteiger partial charge in [-0.05, 0) is 24.5 Å². The third-order valence-electron chi connectivity index (χ3n) is 5.01. The van der Waals surface area contributed by atoms with Gasteiger partial charge in [0.2, 0.25) is 0 Å². The normalized spacial score (nSPS) is 19.6. The Morgan fingerprint density at radius 3 is 2.89 bits per heavy atom. The Labute approximate surface area is 167 Å². The predicted octanol–water partition coefficient (Wildman–Crippen LogP) is 5.32. The zero-order chi connectivity index (χ0) is 18.9. The summed E-state index contributed by atoms with van der Waals surface area (Å²) in [6, 6.07) is 10.3. The first-order chi connectivity index (χ1) is 13.1. The summed E-state index contributed by atoms with van der Waals surface area (Å²) in [6.45, 7) is 4.97. The fraction of sp³-hybridized carbons (Fsp3) is 0.333. The van der Waals surface area contributed by atoms with E-state index in [1.54, 1.807) is 23.1 Å². The molecule has 1 aromatic carbocycles. The van der Waals surface area contributed by atoms with Crippen LogP contribution in [-0.2, 0) is 17.8 Å². The van der Waals surface area contributed by atoms with Crippen LogP contribution in [0.25, 0.3) is 16.3 Å². The fourth-order valence-corrected chi connectivity index (χ4v) is 5.07. The number of hydrogen-bond donors (Lipinski definition) is 1. The Balaban J connectivity index is 1.54. The maximum absolute atomic E-state index is 6.33. The van der Waals surface area contributed by atoms with E-state index < -0.39 is 0 Å². The summed E-state index contributed by atoms with van der Waals surface area (Å²) in [5.41, 5.74) is 8.69. The van der Waals surface area contributed by atoms with Gasteiger partial charge in [-0.3, -0.25) is 0 Å². The van der Waals surface area contributed by atoms with Crippen LogP contribution in [0.5, 0.6) is 0 Å². The first-order valence-corrected chi connectivity index (χ1v) is 10.9. The van der Waals surface area contributed by atoms with Gasteiger partial charge in [-0.1, -0.05) is 61.2 Å². The molecule has 1 aliphatic heterocycles. The molecule has 4 rings (SSSR count). The van der Waals surface area contributed by atoms with Crippen molar-refractivity contribution in [2.45, 2.75) is 44.1 Å². The molecule has 140 valence electrons.